The summed E-state index contributed by atoms with van der Waals surface area (Å²) in [6.07, 6.45) is 3.81. The first-order valence-corrected chi connectivity index (χ1v) is 7.42. The summed E-state index contributed by atoms with van der Waals surface area (Å²) in [5.74, 6) is 0. The Morgan fingerprint density at radius 1 is 1.32 bits per heavy atom. The molecule has 1 heterocycles. The Kier molecular flexibility index (Phi) is 5.08. The maximum atomic E-state index is 6.11. The lowest BCUT2D eigenvalue weighted by Crippen LogP contribution is -2.26. The van der Waals surface area contributed by atoms with Crippen molar-refractivity contribution in [2.45, 2.75) is 33.1 Å². The van der Waals surface area contributed by atoms with Crippen molar-refractivity contribution in [1.29, 1.82) is 0 Å². The Morgan fingerprint density at radius 3 is 2.74 bits per heavy atom. The van der Waals surface area contributed by atoms with E-state index in [9.17, 15) is 0 Å². The van der Waals surface area contributed by atoms with Gasteiger partial charge in [-0.05, 0) is 51.3 Å². The van der Waals surface area contributed by atoms with Gasteiger partial charge < -0.3 is 5.32 Å². The minimum absolute atomic E-state index is 0.754. The van der Waals surface area contributed by atoms with Crippen LogP contribution < -0.4 is 5.32 Å². The molecule has 0 radical (unpaired) electrons. The highest BCUT2D eigenvalue weighted by Gasteiger charge is 2.11. The second-order valence-corrected chi connectivity index (χ2v) is 5.36. The molecule has 1 N–H and O–H groups in total. The summed E-state index contributed by atoms with van der Waals surface area (Å²) in [6.45, 7) is 7.17. The molecule has 0 aliphatic carbocycles. The topological polar surface area (TPSA) is 27.6 Å². The Balaban J connectivity index is 2.23. The van der Waals surface area contributed by atoms with Crippen LogP contribution in [0.1, 0.15) is 38.7 Å². The van der Waals surface area contributed by atoms with Crippen molar-refractivity contribution in [2.24, 2.45) is 5.10 Å². The zero-order valence-electron chi connectivity index (χ0n) is 11.7. The van der Waals surface area contributed by atoms with E-state index >= 15 is 0 Å². The molecule has 0 atom stereocenters. The lowest BCUT2D eigenvalue weighted by atomic mass is 10.1. The van der Waals surface area contributed by atoms with Crippen LogP contribution in [-0.4, -0.2) is 30.4 Å². The van der Waals surface area contributed by atoms with Crippen molar-refractivity contribution >= 4 is 23.0 Å². The summed E-state index contributed by atoms with van der Waals surface area (Å²) in [5, 5.41) is 11.0. The van der Waals surface area contributed by atoms with E-state index in [0.29, 0.717) is 0 Å². The average Bonchev–Trinajstić information content (AvgIpc) is 2.42. The molecule has 1 aromatic rings. The number of halogens is 1. The lowest BCUT2D eigenvalue weighted by molar-refractivity contribution is 0.239. The van der Waals surface area contributed by atoms with Gasteiger partial charge in [0.05, 0.1) is 5.71 Å². The standard InChI is InChI=1S/C15H22ClN3/c1-3-17-15-8-7-13(16)11-14(15)12(2)18-19-9-5-4-6-10-19/h7-8,11,17H,3-6,9-10H2,1-2H3/b18-12+. The molecule has 1 saturated heterocycles. The molecule has 0 saturated carbocycles. The van der Waals surface area contributed by atoms with Gasteiger partial charge in [0.1, 0.15) is 0 Å². The molecule has 0 aromatic heterocycles. The molecule has 0 spiro atoms. The number of rotatable bonds is 4. The lowest BCUT2D eigenvalue weighted by Gasteiger charge is -2.24. The van der Waals surface area contributed by atoms with Gasteiger partial charge in [0.2, 0.25) is 0 Å². The van der Waals surface area contributed by atoms with Gasteiger partial charge in [0.25, 0.3) is 0 Å². The van der Waals surface area contributed by atoms with Crippen LogP contribution in [0.25, 0.3) is 0 Å². The van der Waals surface area contributed by atoms with Gasteiger partial charge in [0, 0.05) is 35.9 Å². The highest BCUT2D eigenvalue weighted by molar-refractivity contribution is 6.31. The van der Waals surface area contributed by atoms with Crippen molar-refractivity contribution in [3.05, 3.63) is 28.8 Å². The van der Waals surface area contributed by atoms with Gasteiger partial charge in [-0.15, -0.1) is 0 Å². The first kappa shape index (κ1) is 14.2. The van der Waals surface area contributed by atoms with E-state index in [1.54, 1.807) is 0 Å². The molecular formula is C15H22ClN3. The maximum Gasteiger partial charge on any atom is 0.0667 e. The van der Waals surface area contributed by atoms with Gasteiger partial charge in [0.15, 0.2) is 0 Å². The molecule has 0 unspecified atom stereocenters. The van der Waals surface area contributed by atoms with Crippen LogP contribution in [0.15, 0.2) is 23.3 Å². The summed E-state index contributed by atoms with van der Waals surface area (Å²) in [5.41, 5.74) is 3.23. The van der Waals surface area contributed by atoms with Crippen LogP contribution in [0.2, 0.25) is 5.02 Å². The fraction of sp³-hybridized carbons (Fsp3) is 0.533. The number of hydrogen-bond acceptors (Lipinski definition) is 3. The normalized spacial score (nSPS) is 16.6. The fourth-order valence-electron chi connectivity index (χ4n) is 2.40. The van der Waals surface area contributed by atoms with Crippen LogP contribution in [0, 0.1) is 0 Å². The first-order chi connectivity index (χ1) is 9.20. The van der Waals surface area contributed by atoms with Crippen molar-refractivity contribution in [1.82, 2.24) is 5.01 Å². The van der Waals surface area contributed by atoms with Crippen LogP contribution in [0.3, 0.4) is 0 Å². The quantitative estimate of drug-likeness (QED) is 0.844. The second-order valence-electron chi connectivity index (χ2n) is 4.92. The number of nitrogens with one attached hydrogen (secondary N) is 1. The van der Waals surface area contributed by atoms with Gasteiger partial charge in [-0.2, -0.15) is 5.10 Å². The average molecular weight is 280 g/mol. The number of piperidine rings is 1. The number of hydrogen-bond donors (Lipinski definition) is 1. The second kappa shape index (κ2) is 6.80. The predicted molar refractivity (Wildman–Crippen MR) is 83.3 cm³/mol. The van der Waals surface area contributed by atoms with Gasteiger partial charge in [-0.3, -0.25) is 5.01 Å². The van der Waals surface area contributed by atoms with Gasteiger partial charge >= 0.3 is 0 Å². The van der Waals surface area contributed by atoms with E-state index in [4.69, 9.17) is 16.7 Å². The molecule has 19 heavy (non-hydrogen) atoms. The van der Waals surface area contributed by atoms with Crippen molar-refractivity contribution < 1.29 is 0 Å². The smallest absolute Gasteiger partial charge is 0.0667 e. The van der Waals surface area contributed by atoms with Crippen LogP contribution in [-0.2, 0) is 0 Å². The molecule has 0 bridgehead atoms. The summed E-state index contributed by atoms with van der Waals surface area (Å²) < 4.78 is 0. The van der Waals surface area contributed by atoms with Crippen LogP contribution in [0.4, 0.5) is 5.69 Å². The molecule has 0 amide bonds. The van der Waals surface area contributed by atoms with Gasteiger partial charge in [-0.1, -0.05) is 11.6 Å². The number of anilines is 1. The summed E-state index contributed by atoms with van der Waals surface area (Å²) in [4.78, 5) is 0. The van der Waals surface area contributed by atoms with Gasteiger partial charge in [-0.25, -0.2) is 0 Å². The van der Waals surface area contributed by atoms with Crippen molar-refractivity contribution in [3.8, 4) is 0 Å². The van der Waals surface area contributed by atoms with E-state index in [-0.39, 0.29) is 0 Å². The minimum atomic E-state index is 0.754. The molecule has 1 fully saturated rings. The van der Waals surface area contributed by atoms with E-state index in [0.717, 1.165) is 41.6 Å². The highest BCUT2D eigenvalue weighted by Crippen LogP contribution is 2.22. The summed E-state index contributed by atoms with van der Waals surface area (Å²) in [6, 6.07) is 5.93. The number of benzene rings is 1. The Labute approximate surface area is 120 Å². The highest BCUT2D eigenvalue weighted by atomic mass is 35.5. The van der Waals surface area contributed by atoms with Crippen LogP contribution in [0.5, 0.6) is 0 Å². The van der Waals surface area contributed by atoms with E-state index in [2.05, 4.69) is 24.2 Å². The third-order valence-electron chi connectivity index (χ3n) is 3.36. The molecule has 1 aliphatic heterocycles. The zero-order valence-corrected chi connectivity index (χ0v) is 12.5. The number of hydrazone groups is 1. The van der Waals surface area contributed by atoms with E-state index < -0.39 is 0 Å². The molecule has 2 rings (SSSR count). The van der Waals surface area contributed by atoms with Crippen molar-refractivity contribution in [3.63, 3.8) is 0 Å². The zero-order chi connectivity index (χ0) is 13.7. The Morgan fingerprint density at radius 2 is 2.05 bits per heavy atom. The minimum Gasteiger partial charge on any atom is -0.385 e. The fourth-order valence-corrected chi connectivity index (χ4v) is 2.58. The third-order valence-corrected chi connectivity index (χ3v) is 3.60. The van der Waals surface area contributed by atoms with Crippen LogP contribution >= 0.6 is 11.6 Å². The molecule has 4 heteroatoms. The SMILES string of the molecule is CCNc1ccc(Cl)cc1/C(C)=N/N1CCCCC1. The summed E-state index contributed by atoms with van der Waals surface area (Å²) in [7, 11) is 0. The summed E-state index contributed by atoms with van der Waals surface area (Å²) >= 11 is 6.11. The molecule has 3 nitrogen and oxygen atoms in total. The number of nitrogens with zero attached hydrogens (tertiary/aromatic N) is 2. The first-order valence-electron chi connectivity index (χ1n) is 7.04. The maximum absolute atomic E-state index is 6.11. The monoisotopic (exact) mass is 279 g/mol. The van der Waals surface area contributed by atoms with E-state index in [1.807, 2.05) is 18.2 Å². The Hall–Kier alpha value is -1.22. The van der Waals surface area contributed by atoms with Crippen molar-refractivity contribution in [2.75, 3.05) is 25.0 Å². The Bertz CT molecular complexity index is 451. The third kappa shape index (κ3) is 3.87. The predicted octanol–water partition coefficient (Wildman–Crippen LogP) is 3.98. The largest absolute Gasteiger partial charge is 0.385 e. The molecule has 104 valence electrons. The molecule has 1 aliphatic rings. The molecule has 1 aromatic carbocycles. The molecular weight excluding hydrogens is 258 g/mol. The van der Waals surface area contributed by atoms with E-state index in [1.165, 1.54) is 19.3 Å².